The van der Waals surface area contributed by atoms with E-state index in [1.807, 2.05) is 38.2 Å². The van der Waals surface area contributed by atoms with Crippen molar-refractivity contribution in [2.75, 3.05) is 26.0 Å². The van der Waals surface area contributed by atoms with Crippen LogP contribution in [0, 0.1) is 0 Å². The molecule has 1 saturated heterocycles. The zero-order valence-corrected chi connectivity index (χ0v) is 15.8. The number of carbonyl (C=O) groups is 1. The van der Waals surface area contributed by atoms with Gasteiger partial charge in [-0.2, -0.15) is 0 Å². The largest absolute Gasteiger partial charge is 0.507 e. The van der Waals surface area contributed by atoms with Crippen molar-refractivity contribution in [3.63, 3.8) is 0 Å². The van der Waals surface area contributed by atoms with E-state index in [9.17, 15) is 9.90 Å². The Labute approximate surface area is 154 Å². The number of phenols is 1. The van der Waals surface area contributed by atoms with E-state index in [1.54, 1.807) is 21.9 Å². The maximum atomic E-state index is 13.0. The highest BCUT2D eigenvalue weighted by molar-refractivity contribution is 7.80. The van der Waals surface area contributed by atoms with Crippen LogP contribution in [0.15, 0.2) is 23.9 Å². The molecule has 1 saturated carbocycles. The zero-order chi connectivity index (χ0) is 18.1. The Hall–Kier alpha value is -2.08. The zero-order valence-electron chi connectivity index (χ0n) is 15.0. The van der Waals surface area contributed by atoms with Crippen LogP contribution >= 0.6 is 12.2 Å². The molecule has 6 heteroatoms. The summed E-state index contributed by atoms with van der Waals surface area (Å²) in [7, 11) is 5.66. The van der Waals surface area contributed by atoms with Crippen molar-refractivity contribution in [2.45, 2.75) is 38.1 Å². The quantitative estimate of drug-likeness (QED) is 0.663. The summed E-state index contributed by atoms with van der Waals surface area (Å²) in [6, 6.07) is 5.64. The number of hydrogen-bond donors (Lipinski definition) is 1. The van der Waals surface area contributed by atoms with Gasteiger partial charge in [0, 0.05) is 44.5 Å². The number of thiocarbonyl (C=S) groups is 1. The van der Waals surface area contributed by atoms with E-state index in [2.05, 4.69) is 0 Å². The second-order valence-corrected chi connectivity index (χ2v) is 7.34. The molecule has 1 aromatic carbocycles. The van der Waals surface area contributed by atoms with Crippen LogP contribution < -0.4 is 4.90 Å². The molecule has 0 spiro atoms. The van der Waals surface area contributed by atoms with E-state index < -0.39 is 0 Å². The molecule has 0 radical (unpaired) electrons. The van der Waals surface area contributed by atoms with Gasteiger partial charge in [-0.15, -0.1) is 0 Å². The summed E-state index contributed by atoms with van der Waals surface area (Å²) < 4.78 is 0. The van der Waals surface area contributed by atoms with Crippen molar-refractivity contribution in [3.8, 4) is 5.75 Å². The van der Waals surface area contributed by atoms with Crippen LogP contribution in [0.5, 0.6) is 5.75 Å². The average Bonchev–Trinajstić information content (AvgIpc) is 2.80. The van der Waals surface area contributed by atoms with E-state index in [0.29, 0.717) is 16.4 Å². The van der Waals surface area contributed by atoms with Crippen molar-refractivity contribution in [1.29, 1.82) is 0 Å². The lowest BCUT2D eigenvalue weighted by Gasteiger charge is -2.30. The molecule has 2 fully saturated rings. The fourth-order valence-electron chi connectivity index (χ4n) is 3.52. The molecule has 0 bridgehead atoms. The molecule has 3 rings (SSSR count). The number of likely N-dealkylation sites (N-methyl/N-ethyl adjacent to an activating group) is 1. The molecule has 0 atom stereocenters. The molecule has 134 valence electrons. The molecular weight excluding hydrogens is 334 g/mol. The molecule has 25 heavy (non-hydrogen) atoms. The Kier molecular flexibility index (Phi) is 4.99. The first-order valence-corrected chi connectivity index (χ1v) is 9.14. The summed E-state index contributed by atoms with van der Waals surface area (Å²) >= 11 is 5.52. The number of anilines is 1. The van der Waals surface area contributed by atoms with Gasteiger partial charge in [-0.05, 0) is 43.3 Å². The second kappa shape index (κ2) is 7.04. The van der Waals surface area contributed by atoms with E-state index in [0.717, 1.165) is 31.4 Å². The smallest absolute Gasteiger partial charge is 0.277 e. The fraction of sp³-hybridized carbons (Fsp3) is 0.474. The lowest BCUT2D eigenvalue weighted by atomic mass is 9.94. The molecule has 0 aromatic heterocycles. The molecule has 1 aromatic rings. The summed E-state index contributed by atoms with van der Waals surface area (Å²) in [6.07, 6.45) is 7.27. The number of phenolic OH excluding ortho intramolecular Hbond substituents is 1. The Bertz CT molecular complexity index is 723. The number of nitrogens with zero attached hydrogens (tertiary/aromatic N) is 3. The summed E-state index contributed by atoms with van der Waals surface area (Å²) in [6.45, 7) is 0. The Morgan fingerprint density at radius 2 is 1.92 bits per heavy atom. The number of hydrogen-bond acceptors (Lipinski definition) is 4. The lowest BCUT2D eigenvalue weighted by Crippen LogP contribution is -2.41. The Morgan fingerprint density at radius 3 is 2.52 bits per heavy atom. The van der Waals surface area contributed by atoms with Gasteiger partial charge in [0.1, 0.15) is 11.4 Å². The van der Waals surface area contributed by atoms with E-state index >= 15 is 0 Å². The monoisotopic (exact) mass is 359 g/mol. The predicted octanol–water partition coefficient (Wildman–Crippen LogP) is 3.19. The highest BCUT2D eigenvalue weighted by atomic mass is 32.1. The maximum absolute atomic E-state index is 13.0. The minimum Gasteiger partial charge on any atom is -0.507 e. The van der Waals surface area contributed by atoms with Crippen molar-refractivity contribution in [1.82, 2.24) is 9.80 Å². The number of amides is 1. The molecule has 2 aliphatic rings. The van der Waals surface area contributed by atoms with Crippen LogP contribution in [0.1, 0.15) is 37.7 Å². The number of rotatable bonds is 3. The van der Waals surface area contributed by atoms with Crippen molar-refractivity contribution in [2.24, 2.45) is 0 Å². The summed E-state index contributed by atoms with van der Waals surface area (Å²) in [5.41, 5.74) is 2.04. The minimum absolute atomic E-state index is 0.0597. The van der Waals surface area contributed by atoms with Crippen LogP contribution in [0.4, 0.5) is 5.69 Å². The highest BCUT2D eigenvalue weighted by Crippen LogP contribution is 2.32. The van der Waals surface area contributed by atoms with Gasteiger partial charge in [-0.3, -0.25) is 9.69 Å². The predicted molar refractivity (Wildman–Crippen MR) is 104 cm³/mol. The van der Waals surface area contributed by atoms with Crippen molar-refractivity contribution >= 4 is 35.0 Å². The number of benzene rings is 1. The lowest BCUT2D eigenvalue weighted by molar-refractivity contribution is -0.124. The number of carbonyl (C=O) groups excluding carboxylic acids is 1. The molecule has 1 aliphatic carbocycles. The minimum atomic E-state index is -0.0597. The van der Waals surface area contributed by atoms with Crippen molar-refractivity contribution < 1.29 is 9.90 Å². The first kappa shape index (κ1) is 17.7. The average molecular weight is 359 g/mol. The van der Waals surface area contributed by atoms with Gasteiger partial charge in [0.2, 0.25) is 0 Å². The van der Waals surface area contributed by atoms with Crippen molar-refractivity contribution in [3.05, 3.63) is 29.5 Å². The van der Waals surface area contributed by atoms with Crippen LogP contribution in [0.2, 0.25) is 0 Å². The summed E-state index contributed by atoms with van der Waals surface area (Å²) in [4.78, 5) is 18.4. The number of aromatic hydroxyl groups is 1. The standard InChI is InChI=1S/C19H25N3O2S/c1-20(2)15-10-9-13(17(23)12-15)11-16-18(24)22(19(25)21(16)3)14-7-5-4-6-8-14/h9-12,14,23H,4-8H2,1-3H3/b16-11+. The van der Waals surface area contributed by atoms with E-state index in [1.165, 1.54) is 6.42 Å². The van der Waals surface area contributed by atoms with Crippen LogP contribution in [-0.2, 0) is 4.79 Å². The van der Waals surface area contributed by atoms with Gasteiger partial charge >= 0.3 is 0 Å². The highest BCUT2D eigenvalue weighted by Gasteiger charge is 2.40. The normalized spacial score (nSPS) is 20.7. The second-order valence-electron chi connectivity index (χ2n) is 6.98. The fourth-order valence-corrected chi connectivity index (χ4v) is 3.85. The van der Waals surface area contributed by atoms with Crippen LogP contribution in [0.25, 0.3) is 6.08 Å². The van der Waals surface area contributed by atoms with Crippen LogP contribution in [-0.4, -0.2) is 53.1 Å². The first-order valence-electron chi connectivity index (χ1n) is 8.73. The van der Waals surface area contributed by atoms with Gasteiger partial charge in [0.15, 0.2) is 5.11 Å². The van der Waals surface area contributed by atoms with Gasteiger partial charge in [-0.25, -0.2) is 0 Å². The third-order valence-electron chi connectivity index (χ3n) is 5.05. The van der Waals surface area contributed by atoms with E-state index in [-0.39, 0.29) is 17.7 Å². The van der Waals surface area contributed by atoms with Gasteiger partial charge < -0.3 is 14.9 Å². The molecule has 1 aliphatic heterocycles. The van der Waals surface area contributed by atoms with Crippen LogP contribution in [0.3, 0.4) is 0 Å². The molecule has 1 amide bonds. The van der Waals surface area contributed by atoms with Gasteiger partial charge in [0.05, 0.1) is 0 Å². The molecular formula is C19H25N3O2S. The first-order chi connectivity index (χ1) is 11.9. The van der Waals surface area contributed by atoms with Gasteiger partial charge in [-0.1, -0.05) is 19.3 Å². The van der Waals surface area contributed by atoms with Gasteiger partial charge in [0.25, 0.3) is 5.91 Å². The molecule has 0 unspecified atom stereocenters. The summed E-state index contributed by atoms with van der Waals surface area (Å²) in [5.74, 6) is 0.0948. The molecule has 5 nitrogen and oxygen atoms in total. The third-order valence-corrected chi connectivity index (χ3v) is 5.53. The molecule has 1 heterocycles. The SMILES string of the molecule is CN1C(=S)N(C2CCCCC2)C(=O)/C1=C\c1ccc(N(C)C)cc1O. The third kappa shape index (κ3) is 3.35. The Balaban J connectivity index is 1.90. The maximum Gasteiger partial charge on any atom is 0.277 e. The van der Waals surface area contributed by atoms with E-state index in [4.69, 9.17) is 12.2 Å². The topological polar surface area (TPSA) is 47.0 Å². The summed E-state index contributed by atoms with van der Waals surface area (Å²) in [5, 5.41) is 10.9. The Morgan fingerprint density at radius 1 is 1.24 bits per heavy atom. The molecule has 1 N–H and O–H groups in total.